The Bertz CT molecular complexity index is 335. The van der Waals surface area contributed by atoms with E-state index in [9.17, 15) is 4.79 Å². The molecule has 1 saturated heterocycles. The summed E-state index contributed by atoms with van der Waals surface area (Å²) < 4.78 is 0. The van der Waals surface area contributed by atoms with E-state index in [0.717, 1.165) is 17.7 Å². The number of benzene rings is 1. The van der Waals surface area contributed by atoms with Crippen molar-refractivity contribution in [3.63, 3.8) is 0 Å². The topological polar surface area (TPSA) is 55.1 Å². The van der Waals surface area contributed by atoms with Crippen molar-refractivity contribution in [3.05, 3.63) is 29.8 Å². The predicted octanol–water partition coefficient (Wildman–Crippen LogP) is 1.22. The molecule has 3 N–H and O–H groups in total. The first-order valence-electron chi connectivity index (χ1n) is 4.40. The molecule has 68 valence electrons. The zero-order chi connectivity index (χ0) is 9.26. The third-order valence-corrected chi connectivity index (χ3v) is 2.31. The van der Waals surface area contributed by atoms with Crippen molar-refractivity contribution in [3.8, 4) is 0 Å². The van der Waals surface area contributed by atoms with Crippen LogP contribution in [0.15, 0.2) is 24.3 Å². The smallest absolute Gasteiger partial charge is 0.220 e. The van der Waals surface area contributed by atoms with E-state index in [2.05, 4.69) is 5.32 Å². The Morgan fingerprint density at radius 3 is 2.92 bits per heavy atom. The van der Waals surface area contributed by atoms with Gasteiger partial charge in [-0.3, -0.25) is 4.79 Å². The number of rotatable bonds is 1. The summed E-state index contributed by atoms with van der Waals surface area (Å²) in [5.41, 5.74) is 7.50. The van der Waals surface area contributed by atoms with Crippen LogP contribution < -0.4 is 11.1 Å². The van der Waals surface area contributed by atoms with Crippen molar-refractivity contribution in [2.24, 2.45) is 0 Å². The van der Waals surface area contributed by atoms with E-state index >= 15 is 0 Å². The summed E-state index contributed by atoms with van der Waals surface area (Å²) in [5, 5.41) is 2.90. The fourth-order valence-electron chi connectivity index (χ4n) is 1.64. The van der Waals surface area contributed by atoms with Crippen LogP contribution in [0.4, 0.5) is 5.69 Å². The Morgan fingerprint density at radius 1 is 1.46 bits per heavy atom. The van der Waals surface area contributed by atoms with Gasteiger partial charge in [0.1, 0.15) is 0 Å². The molecule has 1 heterocycles. The maximum atomic E-state index is 11.0. The van der Waals surface area contributed by atoms with Crippen LogP contribution >= 0.6 is 0 Å². The Morgan fingerprint density at radius 2 is 2.31 bits per heavy atom. The summed E-state index contributed by atoms with van der Waals surface area (Å²) in [7, 11) is 0. The van der Waals surface area contributed by atoms with E-state index in [-0.39, 0.29) is 11.9 Å². The van der Waals surface area contributed by atoms with Crippen LogP contribution in [-0.2, 0) is 4.79 Å². The number of carbonyl (C=O) groups is 1. The molecule has 3 nitrogen and oxygen atoms in total. The van der Waals surface area contributed by atoms with Gasteiger partial charge in [0, 0.05) is 12.1 Å². The summed E-state index contributed by atoms with van der Waals surface area (Å²) in [5.74, 6) is 0.132. The molecule has 1 aliphatic heterocycles. The largest absolute Gasteiger partial charge is 0.399 e. The van der Waals surface area contributed by atoms with Crippen LogP contribution in [0.25, 0.3) is 0 Å². The zero-order valence-electron chi connectivity index (χ0n) is 7.29. The van der Waals surface area contributed by atoms with Crippen LogP contribution in [0, 0.1) is 0 Å². The molecule has 2 rings (SSSR count). The van der Waals surface area contributed by atoms with Crippen LogP contribution in [0.3, 0.4) is 0 Å². The fourth-order valence-corrected chi connectivity index (χ4v) is 1.64. The number of nitrogens with one attached hydrogen (secondary N) is 1. The van der Waals surface area contributed by atoms with Crippen molar-refractivity contribution in [2.45, 2.75) is 18.9 Å². The molecule has 0 aromatic heterocycles. The standard InChI is InChI=1S/C10H12N2O/c11-8-3-1-2-7(6-8)9-4-5-10(13)12-9/h1-3,6,9H,4-5,11H2,(H,12,13)/t9-/m1/s1. The molecular weight excluding hydrogens is 164 g/mol. The molecule has 1 atom stereocenters. The van der Waals surface area contributed by atoms with E-state index in [1.165, 1.54) is 0 Å². The molecule has 1 fully saturated rings. The molecule has 1 aliphatic rings. The Balaban J connectivity index is 2.21. The molecule has 0 saturated carbocycles. The molecule has 13 heavy (non-hydrogen) atoms. The van der Waals surface area contributed by atoms with Gasteiger partial charge in [-0.1, -0.05) is 12.1 Å². The average Bonchev–Trinajstić information content (AvgIpc) is 2.52. The molecule has 1 aromatic carbocycles. The van der Waals surface area contributed by atoms with E-state index in [4.69, 9.17) is 5.73 Å². The maximum Gasteiger partial charge on any atom is 0.220 e. The molecule has 0 radical (unpaired) electrons. The highest BCUT2D eigenvalue weighted by atomic mass is 16.1. The predicted molar refractivity (Wildman–Crippen MR) is 51.0 cm³/mol. The van der Waals surface area contributed by atoms with Crippen LogP contribution in [0.5, 0.6) is 0 Å². The molecule has 3 heteroatoms. The molecule has 1 aromatic rings. The first-order valence-corrected chi connectivity index (χ1v) is 4.40. The van der Waals surface area contributed by atoms with E-state index in [0.29, 0.717) is 6.42 Å². The fraction of sp³-hybridized carbons (Fsp3) is 0.300. The maximum absolute atomic E-state index is 11.0. The summed E-state index contributed by atoms with van der Waals surface area (Å²) in [6, 6.07) is 7.83. The van der Waals surface area contributed by atoms with Gasteiger partial charge in [0.25, 0.3) is 0 Å². The Hall–Kier alpha value is -1.51. The van der Waals surface area contributed by atoms with Gasteiger partial charge in [0.05, 0.1) is 6.04 Å². The number of nitrogen functional groups attached to an aromatic ring is 1. The van der Waals surface area contributed by atoms with E-state index in [1.54, 1.807) is 0 Å². The van der Waals surface area contributed by atoms with Gasteiger partial charge in [-0.2, -0.15) is 0 Å². The SMILES string of the molecule is Nc1cccc([C@H]2CCC(=O)N2)c1. The van der Waals surface area contributed by atoms with Gasteiger partial charge in [-0.15, -0.1) is 0 Å². The molecule has 0 aliphatic carbocycles. The van der Waals surface area contributed by atoms with Gasteiger partial charge in [0.15, 0.2) is 0 Å². The molecule has 0 unspecified atom stereocenters. The van der Waals surface area contributed by atoms with Gasteiger partial charge in [0.2, 0.25) is 5.91 Å². The summed E-state index contributed by atoms with van der Waals surface area (Å²) >= 11 is 0. The second-order valence-electron chi connectivity index (χ2n) is 3.33. The number of hydrogen-bond donors (Lipinski definition) is 2. The highest BCUT2D eigenvalue weighted by Gasteiger charge is 2.21. The van der Waals surface area contributed by atoms with Crippen molar-refractivity contribution < 1.29 is 4.79 Å². The summed E-state index contributed by atoms with van der Waals surface area (Å²) in [4.78, 5) is 11.0. The molecular formula is C10H12N2O. The van der Waals surface area contributed by atoms with Crippen LogP contribution in [0.2, 0.25) is 0 Å². The van der Waals surface area contributed by atoms with Crippen molar-refractivity contribution in [1.82, 2.24) is 5.32 Å². The molecule has 1 amide bonds. The average molecular weight is 176 g/mol. The minimum atomic E-state index is 0.132. The number of amides is 1. The van der Waals surface area contributed by atoms with E-state index in [1.807, 2.05) is 24.3 Å². The van der Waals surface area contributed by atoms with Crippen LogP contribution in [-0.4, -0.2) is 5.91 Å². The minimum absolute atomic E-state index is 0.132. The highest BCUT2D eigenvalue weighted by Crippen LogP contribution is 2.24. The summed E-state index contributed by atoms with van der Waals surface area (Å²) in [6.07, 6.45) is 1.50. The third kappa shape index (κ3) is 1.64. The van der Waals surface area contributed by atoms with Gasteiger partial charge in [-0.05, 0) is 24.1 Å². The monoisotopic (exact) mass is 176 g/mol. The molecule has 0 bridgehead atoms. The number of carbonyl (C=O) groups excluding carboxylic acids is 1. The van der Waals surface area contributed by atoms with E-state index < -0.39 is 0 Å². The van der Waals surface area contributed by atoms with Gasteiger partial charge < -0.3 is 11.1 Å². The number of nitrogens with two attached hydrogens (primary N) is 1. The minimum Gasteiger partial charge on any atom is -0.399 e. The lowest BCUT2D eigenvalue weighted by atomic mass is 10.1. The highest BCUT2D eigenvalue weighted by molar-refractivity contribution is 5.78. The zero-order valence-corrected chi connectivity index (χ0v) is 7.29. The lowest BCUT2D eigenvalue weighted by molar-refractivity contribution is -0.119. The normalized spacial score (nSPS) is 21.5. The lowest BCUT2D eigenvalue weighted by Gasteiger charge is -2.10. The number of hydrogen-bond acceptors (Lipinski definition) is 2. The quantitative estimate of drug-likeness (QED) is 0.632. The van der Waals surface area contributed by atoms with Gasteiger partial charge in [-0.25, -0.2) is 0 Å². The Labute approximate surface area is 76.9 Å². The first kappa shape index (κ1) is 8.10. The van der Waals surface area contributed by atoms with Crippen molar-refractivity contribution in [2.75, 3.05) is 5.73 Å². The van der Waals surface area contributed by atoms with Crippen molar-refractivity contribution in [1.29, 1.82) is 0 Å². The third-order valence-electron chi connectivity index (χ3n) is 2.31. The second-order valence-corrected chi connectivity index (χ2v) is 3.33. The Kier molecular flexibility index (Phi) is 1.93. The van der Waals surface area contributed by atoms with Gasteiger partial charge >= 0.3 is 0 Å². The number of anilines is 1. The first-order chi connectivity index (χ1) is 6.25. The van der Waals surface area contributed by atoms with Crippen molar-refractivity contribution >= 4 is 11.6 Å². The summed E-state index contributed by atoms with van der Waals surface area (Å²) in [6.45, 7) is 0. The second kappa shape index (κ2) is 3.09. The lowest BCUT2D eigenvalue weighted by Crippen LogP contribution is -2.18. The molecule has 0 spiro atoms. The van der Waals surface area contributed by atoms with Crippen LogP contribution in [0.1, 0.15) is 24.4 Å².